The van der Waals surface area contributed by atoms with Gasteiger partial charge in [-0.3, -0.25) is 14.9 Å². The van der Waals surface area contributed by atoms with Crippen LogP contribution in [-0.4, -0.2) is 33.0 Å². The molecule has 3 N–H and O–H groups in total. The monoisotopic (exact) mass is 558 g/mol. The van der Waals surface area contributed by atoms with Crippen molar-refractivity contribution in [1.29, 1.82) is 0 Å². The average molecular weight is 559 g/mol. The van der Waals surface area contributed by atoms with E-state index in [9.17, 15) is 29.6 Å². The number of benzene rings is 4. The van der Waals surface area contributed by atoms with Gasteiger partial charge in [0.2, 0.25) is 5.91 Å². The van der Waals surface area contributed by atoms with E-state index < -0.39 is 28.5 Å². The Morgan fingerprint density at radius 2 is 1.27 bits per heavy atom. The summed E-state index contributed by atoms with van der Waals surface area (Å²) in [5, 5.41) is 31.2. The van der Waals surface area contributed by atoms with E-state index in [-0.39, 0.29) is 30.0 Å². The Kier molecular flexibility index (Phi) is 10.5. The highest BCUT2D eigenvalue weighted by molar-refractivity contribution is 5.94. The van der Waals surface area contributed by atoms with Crippen LogP contribution in [0.1, 0.15) is 38.8 Å². The summed E-state index contributed by atoms with van der Waals surface area (Å²) in [6.07, 6.45) is 0. The fourth-order valence-electron chi connectivity index (χ4n) is 3.64. The van der Waals surface area contributed by atoms with Crippen LogP contribution in [0.3, 0.4) is 0 Å². The summed E-state index contributed by atoms with van der Waals surface area (Å²) in [6.45, 7) is 1.57. The van der Waals surface area contributed by atoms with Crippen LogP contribution < -0.4 is 14.8 Å². The van der Waals surface area contributed by atoms with Gasteiger partial charge in [-0.2, -0.15) is 0 Å². The summed E-state index contributed by atoms with van der Waals surface area (Å²) < 4.78 is 11.4. The van der Waals surface area contributed by atoms with E-state index in [4.69, 9.17) is 14.6 Å². The summed E-state index contributed by atoms with van der Waals surface area (Å²) in [6, 6.07) is 27.2. The molecule has 11 nitrogen and oxygen atoms in total. The third kappa shape index (κ3) is 8.93. The number of carboxylic acid groups (broad SMARTS) is 2. The zero-order valence-electron chi connectivity index (χ0n) is 21.9. The van der Waals surface area contributed by atoms with Gasteiger partial charge in [-0.05, 0) is 36.4 Å². The quantitative estimate of drug-likeness (QED) is 0.161. The minimum Gasteiger partial charge on any atom is -0.489 e. The molecule has 0 radical (unpaired) electrons. The van der Waals surface area contributed by atoms with Gasteiger partial charge in [-0.15, -0.1) is 0 Å². The molecule has 0 aliphatic carbocycles. The van der Waals surface area contributed by atoms with Crippen molar-refractivity contribution in [2.45, 2.75) is 20.1 Å². The van der Waals surface area contributed by atoms with Crippen molar-refractivity contribution in [2.24, 2.45) is 0 Å². The number of ether oxygens (including phenoxy) is 2. The first-order valence-corrected chi connectivity index (χ1v) is 12.1. The Labute approximate surface area is 234 Å². The van der Waals surface area contributed by atoms with Gasteiger partial charge in [0.1, 0.15) is 30.4 Å². The van der Waals surface area contributed by atoms with Gasteiger partial charge in [-0.25, -0.2) is 9.59 Å². The van der Waals surface area contributed by atoms with Gasteiger partial charge < -0.3 is 25.0 Å². The summed E-state index contributed by atoms with van der Waals surface area (Å²) in [5.41, 5.74) is 0.781. The fourth-order valence-corrected chi connectivity index (χ4v) is 3.64. The summed E-state index contributed by atoms with van der Waals surface area (Å²) >= 11 is 0. The number of hydrogen-bond donors (Lipinski definition) is 3. The molecule has 0 fully saturated rings. The number of rotatable bonds is 10. The van der Waals surface area contributed by atoms with Crippen molar-refractivity contribution in [1.82, 2.24) is 0 Å². The van der Waals surface area contributed by atoms with Crippen LogP contribution in [-0.2, 0) is 18.0 Å². The van der Waals surface area contributed by atoms with Gasteiger partial charge in [-0.1, -0.05) is 54.6 Å². The number of hydrogen-bond acceptors (Lipinski definition) is 7. The van der Waals surface area contributed by atoms with E-state index in [1.165, 1.54) is 19.1 Å². The number of anilines is 1. The number of amides is 1. The highest BCUT2D eigenvalue weighted by atomic mass is 16.6. The molecule has 0 aromatic heterocycles. The van der Waals surface area contributed by atoms with Crippen molar-refractivity contribution >= 4 is 29.2 Å². The largest absolute Gasteiger partial charge is 0.489 e. The molecule has 0 heterocycles. The minimum atomic E-state index is -1.27. The van der Waals surface area contributed by atoms with Crippen LogP contribution in [0.2, 0.25) is 0 Å². The van der Waals surface area contributed by atoms with E-state index in [0.717, 1.165) is 6.07 Å². The van der Waals surface area contributed by atoms with Crippen LogP contribution >= 0.6 is 0 Å². The third-order valence-electron chi connectivity index (χ3n) is 5.48. The van der Waals surface area contributed by atoms with E-state index in [2.05, 4.69) is 5.32 Å². The Hall–Kier alpha value is -5.71. The van der Waals surface area contributed by atoms with Crippen molar-refractivity contribution in [2.75, 3.05) is 5.32 Å². The average Bonchev–Trinajstić information content (AvgIpc) is 2.96. The smallest absolute Gasteiger partial charge is 0.336 e. The molecule has 0 saturated heterocycles. The first-order valence-electron chi connectivity index (χ1n) is 12.1. The van der Waals surface area contributed by atoms with E-state index in [1.54, 1.807) is 12.1 Å². The van der Waals surface area contributed by atoms with Gasteiger partial charge >= 0.3 is 11.9 Å². The summed E-state index contributed by atoms with van der Waals surface area (Å²) in [4.78, 5) is 43.0. The van der Waals surface area contributed by atoms with E-state index in [0.29, 0.717) is 22.6 Å². The lowest BCUT2D eigenvalue weighted by Crippen LogP contribution is -2.11. The zero-order chi connectivity index (χ0) is 29.8. The number of nitrogens with zero attached hydrogens (tertiary/aromatic N) is 1. The Balaban J connectivity index is 0.000000250. The van der Waals surface area contributed by atoms with Crippen molar-refractivity contribution in [3.05, 3.63) is 129 Å². The second kappa shape index (κ2) is 14.4. The standard InChI is InChI=1S/C21H18O4.C9H8N2O5/c22-21(23)20-16(14-24-18-10-3-1-4-11-18)8-7-9-17(20)15-25-19-12-5-2-6-13-19;1-5(12)10-7-3-2-6(9(13)14)4-8(7)11(15)16/h1-13H,14-15H2,(H,22,23);2-4H,1H3,(H,10,12)(H,13,14). The molecule has 4 rings (SSSR count). The number of carbonyl (C=O) groups excluding carboxylic acids is 1. The third-order valence-corrected chi connectivity index (χ3v) is 5.48. The molecule has 41 heavy (non-hydrogen) atoms. The maximum atomic E-state index is 11.8. The molecule has 0 unspecified atom stereocenters. The molecular formula is C30H26N2O9. The molecule has 11 heteroatoms. The van der Waals surface area contributed by atoms with Gasteiger partial charge in [0.15, 0.2) is 0 Å². The second-order valence-corrected chi connectivity index (χ2v) is 8.44. The Morgan fingerprint density at radius 3 is 1.68 bits per heavy atom. The van der Waals surface area contributed by atoms with Gasteiger partial charge in [0, 0.05) is 24.1 Å². The molecular weight excluding hydrogens is 532 g/mol. The van der Waals surface area contributed by atoms with Crippen LogP contribution in [0, 0.1) is 10.1 Å². The van der Waals surface area contributed by atoms with Crippen LogP contribution in [0.15, 0.2) is 97.1 Å². The minimum absolute atomic E-state index is 0.0255. The predicted octanol–water partition coefficient (Wildman–Crippen LogP) is 5.79. The maximum Gasteiger partial charge on any atom is 0.336 e. The summed E-state index contributed by atoms with van der Waals surface area (Å²) in [7, 11) is 0. The number of nitro benzene ring substituents is 1. The molecule has 210 valence electrons. The summed E-state index contributed by atoms with van der Waals surface area (Å²) in [5.74, 6) is -1.32. The number of carbonyl (C=O) groups is 3. The van der Waals surface area contributed by atoms with Crippen molar-refractivity contribution < 1.29 is 39.0 Å². The van der Waals surface area contributed by atoms with Gasteiger partial charge in [0.05, 0.1) is 16.1 Å². The Bertz CT molecular complexity index is 1460. The SMILES string of the molecule is CC(=O)Nc1ccc(C(=O)O)cc1[N+](=O)[O-].O=C(O)c1c(COc2ccccc2)cccc1COc1ccccc1. The van der Waals surface area contributed by atoms with E-state index in [1.807, 2.05) is 66.7 Å². The molecule has 4 aromatic rings. The highest BCUT2D eigenvalue weighted by Gasteiger charge is 2.18. The number of aromatic carboxylic acids is 2. The number of nitrogens with one attached hydrogen (secondary N) is 1. The highest BCUT2D eigenvalue weighted by Crippen LogP contribution is 2.25. The number of para-hydroxylation sites is 2. The van der Waals surface area contributed by atoms with Crippen molar-refractivity contribution in [3.63, 3.8) is 0 Å². The lowest BCUT2D eigenvalue weighted by atomic mass is 10.0. The van der Waals surface area contributed by atoms with Gasteiger partial charge in [0.25, 0.3) is 5.69 Å². The van der Waals surface area contributed by atoms with Crippen LogP contribution in [0.4, 0.5) is 11.4 Å². The lowest BCUT2D eigenvalue weighted by Gasteiger charge is -2.13. The second-order valence-electron chi connectivity index (χ2n) is 8.44. The molecule has 0 spiro atoms. The molecule has 0 bridgehead atoms. The molecule has 0 aliphatic heterocycles. The van der Waals surface area contributed by atoms with E-state index >= 15 is 0 Å². The number of carboxylic acids is 2. The molecule has 4 aromatic carbocycles. The normalized spacial score (nSPS) is 9.98. The predicted molar refractivity (Wildman–Crippen MR) is 149 cm³/mol. The first kappa shape index (κ1) is 29.8. The maximum absolute atomic E-state index is 11.8. The number of nitro groups is 1. The molecule has 0 aliphatic rings. The Morgan fingerprint density at radius 1 is 0.756 bits per heavy atom. The molecule has 0 saturated carbocycles. The zero-order valence-corrected chi connectivity index (χ0v) is 21.9. The lowest BCUT2D eigenvalue weighted by molar-refractivity contribution is -0.384. The molecule has 0 atom stereocenters. The first-order chi connectivity index (χ1) is 19.7. The van der Waals surface area contributed by atoms with Crippen molar-refractivity contribution in [3.8, 4) is 11.5 Å². The van der Waals surface area contributed by atoms with Crippen LogP contribution in [0.5, 0.6) is 11.5 Å². The topological polar surface area (TPSA) is 165 Å². The fraction of sp³-hybridized carbons (Fsp3) is 0.100. The van der Waals surface area contributed by atoms with Crippen LogP contribution in [0.25, 0.3) is 0 Å². The molecule has 1 amide bonds.